The topological polar surface area (TPSA) is 59.1 Å². The van der Waals surface area contributed by atoms with Crippen LogP contribution >= 0.6 is 47.4 Å². The van der Waals surface area contributed by atoms with Crippen molar-refractivity contribution < 1.29 is 9.59 Å². The number of thioether (sulfide) groups is 1. The second-order valence-electron chi connectivity index (χ2n) is 8.62. The van der Waals surface area contributed by atoms with Crippen molar-refractivity contribution in [2.75, 3.05) is 5.32 Å². The van der Waals surface area contributed by atoms with E-state index in [0.717, 1.165) is 50.3 Å². The van der Waals surface area contributed by atoms with Crippen molar-refractivity contribution in [2.45, 2.75) is 63.7 Å². The molecule has 0 bridgehead atoms. The summed E-state index contributed by atoms with van der Waals surface area (Å²) in [6.07, 6.45) is 10.1. The molecule has 1 aromatic heterocycles. The van der Waals surface area contributed by atoms with Gasteiger partial charge in [-0.05, 0) is 67.6 Å². The monoisotopic (exact) mass is 514 g/mol. The van der Waals surface area contributed by atoms with E-state index in [1.54, 1.807) is 30.5 Å². The number of nitrogens with one attached hydrogen (secondary N) is 1. The third kappa shape index (κ3) is 6.86. The molecule has 1 heterocycles. The highest BCUT2D eigenvalue weighted by atomic mass is 35.5. The molecule has 32 heavy (non-hydrogen) atoms. The number of carbonyl (C=O) groups excluding carboxylic acids is 2. The van der Waals surface area contributed by atoms with Gasteiger partial charge in [0.05, 0.1) is 15.7 Å². The van der Waals surface area contributed by atoms with Gasteiger partial charge in [0.25, 0.3) is 0 Å². The van der Waals surface area contributed by atoms with E-state index in [-0.39, 0.29) is 28.8 Å². The second-order valence-corrected chi connectivity index (χ2v) is 10.5. The number of hydrogen-bond donors (Lipinski definition) is 1. The molecule has 0 unspecified atom stereocenters. The molecule has 1 aromatic carbocycles. The SMILES string of the molecule is CC(C)CCC1(C(=O)Nc2cc(Cl)c(Cl)cc2SC(=O)c2cccnc2)CCCCC1.Cl. The maximum absolute atomic E-state index is 13.5. The Labute approximate surface area is 210 Å². The molecule has 1 amide bonds. The lowest BCUT2D eigenvalue weighted by molar-refractivity contribution is -0.128. The van der Waals surface area contributed by atoms with E-state index in [2.05, 4.69) is 24.1 Å². The van der Waals surface area contributed by atoms with Crippen LogP contribution in [0.1, 0.15) is 69.2 Å². The molecule has 0 atom stereocenters. The van der Waals surface area contributed by atoms with Crippen LogP contribution in [0, 0.1) is 11.3 Å². The first-order valence-electron chi connectivity index (χ1n) is 10.7. The molecule has 1 fully saturated rings. The number of rotatable bonds is 7. The summed E-state index contributed by atoms with van der Waals surface area (Å²) in [7, 11) is 0. The molecule has 8 heteroatoms. The maximum Gasteiger partial charge on any atom is 0.230 e. The van der Waals surface area contributed by atoms with Gasteiger partial charge in [-0.25, -0.2) is 0 Å². The fourth-order valence-electron chi connectivity index (χ4n) is 3.99. The number of nitrogens with zero attached hydrogens (tertiary/aromatic N) is 1. The average Bonchev–Trinajstić information content (AvgIpc) is 2.77. The molecule has 174 valence electrons. The van der Waals surface area contributed by atoms with Gasteiger partial charge in [-0.3, -0.25) is 14.6 Å². The minimum Gasteiger partial charge on any atom is -0.325 e. The van der Waals surface area contributed by atoms with Crippen molar-refractivity contribution in [3.05, 3.63) is 52.3 Å². The first kappa shape index (κ1) is 27.0. The lowest BCUT2D eigenvalue weighted by Crippen LogP contribution is -2.38. The maximum atomic E-state index is 13.5. The number of benzene rings is 1. The molecular weight excluding hydrogens is 487 g/mol. The third-order valence-corrected chi connectivity index (χ3v) is 7.56. The minimum atomic E-state index is -0.371. The van der Waals surface area contributed by atoms with Gasteiger partial charge in [0, 0.05) is 28.3 Å². The molecule has 0 spiro atoms. The van der Waals surface area contributed by atoms with Gasteiger partial charge in [-0.2, -0.15) is 0 Å². The smallest absolute Gasteiger partial charge is 0.230 e. The Morgan fingerprint density at radius 2 is 1.84 bits per heavy atom. The Hall–Kier alpha value is -1.27. The largest absolute Gasteiger partial charge is 0.325 e. The van der Waals surface area contributed by atoms with Crippen molar-refractivity contribution in [3.8, 4) is 0 Å². The first-order chi connectivity index (χ1) is 14.8. The Bertz CT molecular complexity index is 932. The van der Waals surface area contributed by atoms with E-state index in [1.165, 1.54) is 12.6 Å². The van der Waals surface area contributed by atoms with Crippen molar-refractivity contribution in [3.63, 3.8) is 0 Å². The van der Waals surface area contributed by atoms with Crippen LogP contribution in [0.25, 0.3) is 0 Å². The zero-order valence-corrected chi connectivity index (χ0v) is 21.5. The fourth-order valence-corrected chi connectivity index (χ4v) is 5.22. The van der Waals surface area contributed by atoms with E-state index in [4.69, 9.17) is 23.2 Å². The van der Waals surface area contributed by atoms with Gasteiger partial charge in [0.1, 0.15) is 0 Å². The number of amides is 1. The van der Waals surface area contributed by atoms with E-state index in [0.29, 0.717) is 32.1 Å². The van der Waals surface area contributed by atoms with Gasteiger partial charge in [-0.1, -0.05) is 56.3 Å². The highest BCUT2D eigenvalue weighted by molar-refractivity contribution is 8.14. The highest BCUT2D eigenvalue weighted by Crippen LogP contribution is 2.43. The van der Waals surface area contributed by atoms with Crippen LogP contribution in [0.15, 0.2) is 41.6 Å². The van der Waals surface area contributed by atoms with Gasteiger partial charge < -0.3 is 5.32 Å². The van der Waals surface area contributed by atoms with Crippen molar-refractivity contribution in [1.29, 1.82) is 0 Å². The standard InChI is InChI=1S/C24H28Cl2N2O2S.ClH/c1-16(2)8-11-24(9-4-3-5-10-24)23(30)28-20-13-18(25)19(26)14-21(20)31-22(29)17-7-6-12-27-15-17;/h6-7,12-16H,3-5,8-11H2,1-2H3,(H,28,30);1H. The molecule has 2 aromatic rings. The lowest BCUT2D eigenvalue weighted by Gasteiger charge is -2.36. The third-order valence-electron chi connectivity index (χ3n) is 5.86. The Morgan fingerprint density at radius 1 is 1.16 bits per heavy atom. The molecule has 0 radical (unpaired) electrons. The molecule has 4 nitrogen and oxygen atoms in total. The molecule has 1 aliphatic rings. The number of carbonyl (C=O) groups is 2. The van der Waals surface area contributed by atoms with E-state index >= 15 is 0 Å². The summed E-state index contributed by atoms with van der Waals surface area (Å²) in [6.45, 7) is 4.37. The van der Waals surface area contributed by atoms with Crippen LogP contribution in [0.2, 0.25) is 10.0 Å². The van der Waals surface area contributed by atoms with Crippen molar-refractivity contribution in [2.24, 2.45) is 11.3 Å². The van der Waals surface area contributed by atoms with Gasteiger partial charge in [0.15, 0.2) is 0 Å². The van der Waals surface area contributed by atoms with Crippen LogP contribution in [0.5, 0.6) is 0 Å². The summed E-state index contributed by atoms with van der Waals surface area (Å²) >= 11 is 13.5. The Kier molecular flexibility index (Phi) is 10.3. The number of hydrogen-bond acceptors (Lipinski definition) is 4. The Balaban J connectivity index is 0.00000363. The summed E-state index contributed by atoms with van der Waals surface area (Å²) in [6, 6.07) is 6.70. The van der Waals surface area contributed by atoms with Gasteiger partial charge in [0.2, 0.25) is 11.0 Å². The predicted molar refractivity (Wildman–Crippen MR) is 136 cm³/mol. The number of halogens is 3. The average molecular weight is 516 g/mol. The van der Waals surface area contributed by atoms with Crippen molar-refractivity contribution >= 4 is 64.1 Å². The normalized spacial score (nSPS) is 15.2. The highest BCUT2D eigenvalue weighted by Gasteiger charge is 2.39. The van der Waals surface area contributed by atoms with Crippen LogP contribution in [0.4, 0.5) is 5.69 Å². The van der Waals surface area contributed by atoms with Gasteiger partial charge in [-0.15, -0.1) is 12.4 Å². The summed E-state index contributed by atoms with van der Waals surface area (Å²) in [5.74, 6) is 0.557. The molecule has 0 saturated heterocycles. The summed E-state index contributed by atoms with van der Waals surface area (Å²) in [5.41, 5.74) is 0.636. The number of aromatic nitrogens is 1. The number of anilines is 1. The summed E-state index contributed by atoms with van der Waals surface area (Å²) in [5, 5.41) is 3.61. The zero-order chi connectivity index (χ0) is 22.4. The molecular formula is C24H29Cl3N2O2S. The van der Waals surface area contributed by atoms with Gasteiger partial charge >= 0.3 is 0 Å². The fraction of sp³-hybridized carbons (Fsp3) is 0.458. The van der Waals surface area contributed by atoms with Crippen LogP contribution in [0.3, 0.4) is 0 Å². The zero-order valence-electron chi connectivity index (χ0n) is 18.3. The summed E-state index contributed by atoms with van der Waals surface area (Å²) < 4.78 is 0. The van der Waals surface area contributed by atoms with Crippen LogP contribution in [-0.4, -0.2) is 16.0 Å². The molecule has 1 N–H and O–H groups in total. The van der Waals surface area contributed by atoms with Crippen LogP contribution < -0.4 is 5.32 Å². The molecule has 3 rings (SSSR count). The molecule has 1 aliphatic carbocycles. The van der Waals surface area contributed by atoms with E-state index in [9.17, 15) is 9.59 Å². The lowest BCUT2D eigenvalue weighted by atomic mass is 9.69. The van der Waals surface area contributed by atoms with E-state index in [1.807, 2.05) is 0 Å². The Morgan fingerprint density at radius 3 is 2.47 bits per heavy atom. The van der Waals surface area contributed by atoms with E-state index < -0.39 is 0 Å². The quantitative estimate of drug-likeness (QED) is 0.379. The second kappa shape index (κ2) is 12.3. The molecule has 0 aliphatic heterocycles. The van der Waals surface area contributed by atoms with Crippen LogP contribution in [-0.2, 0) is 4.79 Å². The molecule has 1 saturated carbocycles. The summed E-state index contributed by atoms with van der Waals surface area (Å²) in [4.78, 5) is 30.8. The predicted octanol–water partition coefficient (Wildman–Crippen LogP) is 8.07. The van der Waals surface area contributed by atoms with Crippen molar-refractivity contribution in [1.82, 2.24) is 4.98 Å². The minimum absolute atomic E-state index is 0. The first-order valence-corrected chi connectivity index (χ1v) is 12.3. The number of pyridine rings is 1.